The lowest BCUT2D eigenvalue weighted by atomic mass is 10.0. The summed E-state index contributed by atoms with van der Waals surface area (Å²) in [7, 11) is 0. The maximum Gasteiger partial charge on any atom is 0.305 e. The molecule has 0 bridgehead atoms. The fourth-order valence-electron chi connectivity index (χ4n) is 5.85. The van der Waals surface area contributed by atoms with Crippen LogP contribution < -0.4 is 0 Å². The lowest BCUT2D eigenvalue weighted by Gasteiger charge is -2.39. The number of ether oxygens (including phenoxy) is 4. The van der Waals surface area contributed by atoms with E-state index in [0.29, 0.717) is 12.8 Å². The highest BCUT2D eigenvalue weighted by molar-refractivity contribution is 5.78. The van der Waals surface area contributed by atoms with Crippen LogP contribution >= 0.6 is 0 Å². The minimum Gasteiger partial charge on any atom is -0.460 e. The van der Waals surface area contributed by atoms with Crippen molar-refractivity contribution >= 4 is 17.7 Å². The molecule has 4 N–H and O–H groups in total. The van der Waals surface area contributed by atoms with E-state index >= 15 is 0 Å². The maximum atomic E-state index is 12.1. The zero-order valence-corrected chi connectivity index (χ0v) is 33.4. The first-order chi connectivity index (χ1) is 25.0. The molecular weight excluding hydrogens is 668 g/mol. The van der Waals surface area contributed by atoms with Crippen LogP contribution in [0.4, 0.5) is 0 Å². The molecule has 1 aliphatic heterocycles. The fourth-order valence-corrected chi connectivity index (χ4v) is 5.85. The normalized spacial score (nSPS) is 18.5. The van der Waals surface area contributed by atoms with Crippen molar-refractivity contribution in [3.05, 3.63) is 0 Å². The zero-order valence-electron chi connectivity index (χ0n) is 33.4. The summed E-state index contributed by atoms with van der Waals surface area (Å²) in [6.07, 6.45) is 31.0. The highest BCUT2D eigenvalue weighted by Crippen LogP contribution is 2.24. The Balaban J connectivity index is 0.00000397. The molecule has 2 atom stereocenters. The molecule has 11 nitrogen and oxygen atoms in total. The summed E-state index contributed by atoms with van der Waals surface area (Å²) in [5, 5.41) is 36.8. The standard InChI is InChI=1S/C38H72O8.C3H6O3/c1-3-5-7-9-11-13-15-17-19-21-23-25-27-29-35(39)43-31-37(41)33-46-38(42,34-45-37)32-44-36(40)30-28-26-24-22-20-18-16-14-12-10-8-6-4-2;1-2(4)3(5)6/h41-42H,3-34H2,1-2H3;3,5-6H,1H3. The molecule has 0 aromatic heterocycles. The molecule has 0 aromatic rings. The number of aliphatic hydroxyl groups is 4. The Morgan fingerprint density at radius 1 is 0.500 bits per heavy atom. The van der Waals surface area contributed by atoms with E-state index < -0.39 is 36.9 Å². The van der Waals surface area contributed by atoms with Gasteiger partial charge < -0.3 is 39.4 Å². The number of aliphatic hydroxyl groups excluding tert-OH is 1. The zero-order chi connectivity index (χ0) is 38.8. The van der Waals surface area contributed by atoms with Crippen LogP contribution in [0.25, 0.3) is 0 Å². The Bertz CT molecular complexity index is 796. The molecule has 0 radical (unpaired) electrons. The van der Waals surface area contributed by atoms with Gasteiger partial charge in [0.2, 0.25) is 17.9 Å². The number of ketones is 1. The molecule has 0 saturated carbocycles. The lowest BCUT2D eigenvalue weighted by molar-refractivity contribution is -0.377. The topological polar surface area (TPSA) is 169 Å². The van der Waals surface area contributed by atoms with Crippen molar-refractivity contribution in [2.24, 2.45) is 0 Å². The third kappa shape index (κ3) is 31.9. The van der Waals surface area contributed by atoms with Crippen LogP contribution in [0.1, 0.15) is 201 Å². The molecule has 1 heterocycles. The summed E-state index contributed by atoms with van der Waals surface area (Å²) in [5.74, 6) is -5.08. The monoisotopic (exact) mass is 747 g/mol. The molecule has 1 saturated heterocycles. The van der Waals surface area contributed by atoms with E-state index in [4.69, 9.17) is 29.2 Å². The van der Waals surface area contributed by atoms with Gasteiger partial charge in [-0.1, -0.05) is 168 Å². The van der Waals surface area contributed by atoms with Gasteiger partial charge in [-0.05, 0) is 19.8 Å². The summed E-state index contributed by atoms with van der Waals surface area (Å²) in [6, 6.07) is 0. The van der Waals surface area contributed by atoms with Gasteiger partial charge in [0.05, 0.1) is 0 Å². The van der Waals surface area contributed by atoms with Crippen LogP contribution in [0, 0.1) is 0 Å². The Hall–Kier alpha value is -1.63. The van der Waals surface area contributed by atoms with Gasteiger partial charge >= 0.3 is 11.9 Å². The van der Waals surface area contributed by atoms with Gasteiger partial charge in [-0.2, -0.15) is 0 Å². The first-order valence-electron chi connectivity index (χ1n) is 20.9. The van der Waals surface area contributed by atoms with Crippen molar-refractivity contribution in [1.82, 2.24) is 0 Å². The molecule has 0 aliphatic carbocycles. The molecular formula is C41H78O11. The number of rotatable bonds is 33. The van der Waals surface area contributed by atoms with E-state index in [1.165, 1.54) is 128 Å². The third-order valence-electron chi connectivity index (χ3n) is 9.38. The Morgan fingerprint density at radius 2 is 0.731 bits per heavy atom. The van der Waals surface area contributed by atoms with E-state index in [2.05, 4.69) is 13.8 Å². The highest BCUT2D eigenvalue weighted by atomic mass is 16.7. The SMILES string of the molecule is CC(=O)C(O)O.CCCCCCCCCCCCCCCC(=O)OCC1(O)COC(O)(COC(=O)CCCCCCCCCCCCCCC)CO1. The summed E-state index contributed by atoms with van der Waals surface area (Å²) in [5.41, 5.74) is 0. The van der Waals surface area contributed by atoms with Crippen molar-refractivity contribution in [2.45, 2.75) is 218 Å². The van der Waals surface area contributed by atoms with Crippen LogP contribution in [-0.4, -0.2) is 82.4 Å². The second-order valence-corrected chi connectivity index (χ2v) is 14.8. The maximum absolute atomic E-state index is 12.1. The average Bonchev–Trinajstić information content (AvgIpc) is 3.12. The minimum atomic E-state index is -1.84. The van der Waals surface area contributed by atoms with E-state index in [0.717, 1.165) is 45.4 Å². The van der Waals surface area contributed by atoms with Gasteiger partial charge in [-0.25, -0.2) is 0 Å². The van der Waals surface area contributed by atoms with Gasteiger partial charge in [0.1, 0.15) is 26.4 Å². The number of hydrogen-bond donors (Lipinski definition) is 4. The van der Waals surface area contributed by atoms with Gasteiger partial charge in [0.15, 0.2) is 5.78 Å². The van der Waals surface area contributed by atoms with Crippen LogP contribution in [0.2, 0.25) is 0 Å². The minimum absolute atomic E-state index is 0.299. The molecule has 1 fully saturated rings. The number of Topliss-reactive ketones (excluding diaryl/α,β-unsaturated/α-hetero) is 1. The number of carbonyl (C=O) groups is 3. The van der Waals surface area contributed by atoms with Crippen molar-refractivity contribution in [3.63, 3.8) is 0 Å². The van der Waals surface area contributed by atoms with Crippen molar-refractivity contribution in [2.75, 3.05) is 26.4 Å². The molecule has 11 heteroatoms. The predicted octanol–water partition coefficient (Wildman–Crippen LogP) is 8.35. The van der Waals surface area contributed by atoms with Crippen LogP contribution in [0.5, 0.6) is 0 Å². The molecule has 2 unspecified atom stereocenters. The van der Waals surface area contributed by atoms with E-state index in [1.54, 1.807) is 0 Å². The van der Waals surface area contributed by atoms with E-state index in [-0.39, 0.29) is 25.2 Å². The summed E-state index contributed by atoms with van der Waals surface area (Å²) in [4.78, 5) is 33.9. The Morgan fingerprint density at radius 3 is 0.942 bits per heavy atom. The van der Waals surface area contributed by atoms with Gasteiger partial charge in [0.25, 0.3) is 0 Å². The fraction of sp³-hybridized carbons (Fsp3) is 0.927. The quantitative estimate of drug-likeness (QED) is 0.0289. The smallest absolute Gasteiger partial charge is 0.305 e. The summed E-state index contributed by atoms with van der Waals surface area (Å²) < 4.78 is 21.2. The van der Waals surface area contributed by atoms with Crippen LogP contribution in [-0.2, 0) is 33.3 Å². The van der Waals surface area contributed by atoms with Gasteiger partial charge in [-0.15, -0.1) is 0 Å². The molecule has 1 aliphatic rings. The first kappa shape index (κ1) is 50.4. The number of unbranched alkanes of at least 4 members (excludes halogenated alkanes) is 24. The molecule has 0 amide bonds. The van der Waals surface area contributed by atoms with E-state index in [1.807, 2.05) is 0 Å². The number of esters is 2. The van der Waals surface area contributed by atoms with Crippen molar-refractivity contribution in [1.29, 1.82) is 0 Å². The molecule has 52 heavy (non-hydrogen) atoms. The first-order valence-corrected chi connectivity index (χ1v) is 20.9. The Labute approximate surface area is 315 Å². The van der Waals surface area contributed by atoms with Gasteiger partial charge in [0, 0.05) is 12.8 Å². The molecule has 0 spiro atoms. The summed E-state index contributed by atoms with van der Waals surface area (Å²) >= 11 is 0. The van der Waals surface area contributed by atoms with Crippen molar-refractivity contribution in [3.8, 4) is 0 Å². The summed E-state index contributed by atoms with van der Waals surface area (Å²) in [6.45, 7) is 4.06. The van der Waals surface area contributed by atoms with E-state index in [9.17, 15) is 24.6 Å². The largest absolute Gasteiger partial charge is 0.460 e. The third-order valence-corrected chi connectivity index (χ3v) is 9.38. The van der Waals surface area contributed by atoms with Gasteiger partial charge in [-0.3, -0.25) is 14.4 Å². The van der Waals surface area contributed by atoms with Crippen LogP contribution in [0.3, 0.4) is 0 Å². The van der Waals surface area contributed by atoms with Crippen LogP contribution in [0.15, 0.2) is 0 Å². The molecule has 308 valence electrons. The van der Waals surface area contributed by atoms with Crippen molar-refractivity contribution < 1.29 is 53.8 Å². The number of carbonyl (C=O) groups excluding carboxylic acids is 3. The predicted molar refractivity (Wildman–Crippen MR) is 203 cm³/mol. The molecule has 0 aromatic carbocycles. The second kappa shape index (κ2) is 33.9. The number of hydrogen-bond acceptors (Lipinski definition) is 11. The lowest BCUT2D eigenvalue weighted by Crippen LogP contribution is -2.57. The highest BCUT2D eigenvalue weighted by Gasteiger charge is 2.44. The molecule has 1 rings (SSSR count). The Kier molecular flexibility index (Phi) is 32.8. The average molecular weight is 747 g/mol. The second-order valence-electron chi connectivity index (χ2n) is 14.8.